The zero-order valence-electron chi connectivity index (χ0n) is 12.2. The predicted octanol–water partition coefficient (Wildman–Crippen LogP) is 4.91. The van der Waals surface area contributed by atoms with Gasteiger partial charge in [-0.25, -0.2) is 14.4 Å². The summed E-state index contributed by atoms with van der Waals surface area (Å²) >= 11 is 4.55. The summed E-state index contributed by atoms with van der Waals surface area (Å²) in [6.07, 6.45) is 0. The number of nitrogens with zero attached hydrogens (tertiary/aromatic N) is 2. The number of fused-ring (bicyclic) bond motifs is 1. The molecule has 4 N–H and O–H groups in total. The van der Waals surface area contributed by atoms with Gasteiger partial charge >= 0.3 is 0 Å². The number of H-pyrrole nitrogens is 1. The van der Waals surface area contributed by atoms with Crippen LogP contribution < -0.4 is 11.1 Å². The fourth-order valence-corrected chi connectivity index (χ4v) is 3.50. The van der Waals surface area contributed by atoms with Crippen molar-refractivity contribution in [3.05, 3.63) is 52.8 Å². The van der Waals surface area contributed by atoms with E-state index in [0.717, 1.165) is 11.0 Å². The molecule has 8 heteroatoms. The molecule has 120 valence electrons. The number of nitrogens with two attached hydrogens (primary N) is 1. The van der Waals surface area contributed by atoms with Crippen LogP contribution in [0.25, 0.3) is 21.7 Å². The normalized spacial score (nSPS) is 11.1. The minimum atomic E-state index is -0.372. The number of hydrogen-bond acceptors (Lipinski definition) is 5. The number of imidazole rings is 1. The lowest BCUT2D eigenvalue weighted by Gasteiger charge is -2.03. The first-order valence-corrected chi connectivity index (χ1v) is 8.64. The molecule has 0 amide bonds. The van der Waals surface area contributed by atoms with Crippen LogP contribution in [0.3, 0.4) is 0 Å². The zero-order valence-corrected chi connectivity index (χ0v) is 14.6. The van der Waals surface area contributed by atoms with E-state index in [1.54, 1.807) is 12.1 Å². The highest BCUT2D eigenvalue weighted by Gasteiger charge is 2.15. The minimum Gasteiger partial charge on any atom is -0.382 e. The van der Waals surface area contributed by atoms with Crippen LogP contribution in [-0.2, 0) is 0 Å². The third-order valence-electron chi connectivity index (χ3n) is 3.43. The molecular weight excluding hydrogens is 393 g/mol. The van der Waals surface area contributed by atoms with Crippen LogP contribution in [0.5, 0.6) is 0 Å². The van der Waals surface area contributed by atoms with Gasteiger partial charge in [-0.2, -0.15) is 0 Å². The van der Waals surface area contributed by atoms with E-state index >= 15 is 0 Å². The van der Waals surface area contributed by atoms with Crippen molar-refractivity contribution in [2.75, 3.05) is 11.1 Å². The second kappa shape index (κ2) is 5.88. The van der Waals surface area contributed by atoms with Crippen molar-refractivity contribution >= 4 is 54.9 Å². The third-order valence-corrected chi connectivity index (χ3v) is 4.92. The maximum atomic E-state index is 13.9. The number of nitrogen functional groups attached to an aromatic ring is 1. The van der Waals surface area contributed by atoms with Crippen molar-refractivity contribution in [1.29, 1.82) is 0 Å². The fourth-order valence-electron chi connectivity index (χ4n) is 2.32. The van der Waals surface area contributed by atoms with Gasteiger partial charge in [-0.15, -0.1) is 0 Å². The minimum absolute atomic E-state index is 0.336. The van der Waals surface area contributed by atoms with Gasteiger partial charge in [-0.3, -0.25) is 0 Å². The SMILES string of the molecule is Nc1nc(Nc2ccc(Br)cc2F)sc1-c1nc2ccccc2[nH]1. The molecule has 4 aromatic rings. The first kappa shape index (κ1) is 15.1. The highest BCUT2D eigenvalue weighted by atomic mass is 79.9. The van der Waals surface area contributed by atoms with Gasteiger partial charge in [-0.1, -0.05) is 39.4 Å². The van der Waals surface area contributed by atoms with Gasteiger partial charge in [0.25, 0.3) is 0 Å². The summed E-state index contributed by atoms with van der Waals surface area (Å²) < 4.78 is 14.6. The lowest BCUT2D eigenvalue weighted by molar-refractivity contribution is 0.631. The molecule has 4 rings (SSSR count). The summed E-state index contributed by atoms with van der Waals surface area (Å²) in [5, 5.41) is 3.46. The van der Waals surface area contributed by atoms with E-state index in [4.69, 9.17) is 5.73 Å². The number of nitrogens with one attached hydrogen (secondary N) is 2. The van der Waals surface area contributed by atoms with Crippen molar-refractivity contribution in [1.82, 2.24) is 15.0 Å². The van der Waals surface area contributed by atoms with Crippen molar-refractivity contribution in [3.8, 4) is 10.7 Å². The van der Waals surface area contributed by atoms with E-state index in [0.29, 0.717) is 31.8 Å². The van der Waals surface area contributed by atoms with Gasteiger partial charge in [0, 0.05) is 4.47 Å². The third kappa shape index (κ3) is 2.74. The average molecular weight is 404 g/mol. The highest BCUT2D eigenvalue weighted by Crippen LogP contribution is 2.36. The summed E-state index contributed by atoms with van der Waals surface area (Å²) in [7, 11) is 0. The van der Waals surface area contributed by atoms with Crippen molar-refractivity contribution in [2.24, 2.45) is 0 Å². The first-order chi connectivity index (χ1) is 11.6. The van der Waals surface area contributed by atoms with Gasteiger partial charge in [0.2, 0.25) is 0 Å². The molecule has 0 saturated heterocycles. The molecule has 0 unspecified atom stereocenters. The van der Waals surface area contributed by atoms with Gasteiger partial charge in [-0.05, 0) is 30.3 Å². The van der Waals surface area contributed by atoms with Crippen molar-refractivity contribution in [2.45, 2.75) is 0 Å². The molecule has 0 saturated carbocycles. The Morgan fingerprint density at radius 3 is 2.79 bits per heavy atom. The molecule has 0 spiro atoms. The van der Waals surface area contributed by atoms with Crippen LogP contribution in [0.15, 0.2) is 46.9 Å². The monoisotopic (exact) mass is 403 g/mol. The Kier molecular flexibility index (Phi) is 3.70. The van der Waals surface area contributed by atoms with Crippen LogP contribution in [0.2, 0.25) is 0 Å². The Morgan fingerprint density at radius 2 is 2.00 bits per heavy atom. The summed E-state index contributed by atoms with van der Waals surface area (Å²) in [5.41, 5.74) is 8.13. The molecule has 0 atom stereocenters. The Labute approximate surface area is 148 Å². The van der Waals surface area contributed by atoms with Crippen LogP contribution in [-0.4, -0.2) is 15.0 Å². The number of anilines is 3. The second-order valence-corrected chi connectivity index (χ2v) is 7.00. The Bertz CT molecular complexity index is 1010. The molecule has 0 fully saturated rings. The van der Waals surface area contributed by atoms with Gasteiger partial charge in [0.05, 0.1) is 16.7 Å². The topological polar surface area (TPSA) is 79.6 Å². The van der Waals surface area contributed by atoms with Gasteiger partial charge < -0.3 is 16.0 Å². The highest BCUT2D eigenvalue weighted by molar-refractivity contribution is 9.10. The Hall–Kier alpha value is -2.45. The van der Waals surface area contributed by atoms with Crippen LogP contribution in [0.4, 0.5) is 21.0 Å². The largest absolute Gasteiger partial charge is 0.382 e. The van der Waals surface area contributed by atoms with Gasteiger partial charge in [0.1, 0.15) is 16.5 Å². The molecule has 0 radical (unpaired) electrons. The lowest BCUT2D eigenvalue weighted by atomic mass is 10.3. The van der Waals surface area contributed by atoms with E-state index < -0.39 is 0 Å². The van der Waals surface area contributed by atoms with E-state index in [-0.39, 0.29) is 5.82 Å². The lowest BCUT2D eigenvalue weighted by Crippen LogP contribution is -1.94. The predicted molar refractivity (Wildman–Crippen MR) is 99.0 cm³/mol. The molecule has 0 aliphatic heterocycles. The molecule has 2 aromatic carbocycles. The molecular formula is C16H11BrFN5S. The van der Waals surface area contributed by atoms with E-state index in [1.165, 1.54) is 17.4 Å². The zero-order chi connectivity index (χ0) is 16.7. The molecule has 0 bridgehead atoms. The number of rotatable bonds is 3. The van der Waals surface area contributed by atoms with Gasteiger partial charge in [0.15, 0.2) is 11.0 Å². The maximum absolute atomic E-state index is 13.9. The Balaban J connectivity index is 1.69. The van der Waals surface area contributed by atoms with Crippen molar-refractivity contribution < 1.29 is 4.39 Å². The second-order valence-electron chi connectivity index (χ2n) is 5.09. The number of benzene rings is 2. The van der Waals surface area contributed by atoms with Crippen LogP contribution in [0.1, 0.15) is 0 Å². The van der Waals surface area contributed by atoms with E-state index in [2.05, 4.69) is 36.2 Å². The standard InChI is InChI=1S/C16H11BrFN5S/c17-8-5-6-10(9(18)7-8)22-16-23-14(19)13(24-16)15-20-11-3-1-2-4-12(11)21-15/h1-7H,19H2,(H,20,21)(H,22,23). The smallest absolute Gasteiger partial charge is 0.189 e. The van der Waals surface area contributed by atoms with E-state index in [9.17, 15) is 4.39 Å². The molecule has 0 aliphatic rings. The average Bonchev–Trinajstić information content (AvgIpc) is 3.13. The molecule has 2 heterocycles. The molecule has 5 nitrogen and oxygen atoms in total. The maximum Gasteiger partial charge on any atom is 0.189 e. The van der Waals surface area contributed by atoms with E-state index in [1.807, 2.05) is 24.3 Å². The van der Waals surface area contributed by atoms with Crippen LogP contribution >= 0.6 is 27.3 Å². The molecule has 0 aliphatic carbocycles. The fraction of sp³-hybridized carbons (Fsp3) is 0. The number of aromatic nitrogens is 3. The number of aromatic amines is 1. The first-order valence-electron chi connectivity index (χ1n) is 7.03. The summed E-state index contributed by atoms with van der Waals surface area (Å²) in [6, 6.07) is 12.5. The Morgan fingerprint density at radius 1 is 1.17 bits per heavy atom. The number of para-hydroxylation sites is 2. The number of thiazole rings is 1. The summed E-state index contributed by atoms with van der Waals surface area (Å²) in [4.78, 5) is 12.7. The molecule has 24 heavy (non-hydrogen) atoms. The molecule has 2 aromatic heterocycles. The summed E-state index contributed by atoms with van der Waals surface area (Å²) in [6.45, 7) is 0. The quantitative estimate of drug-likeness (QED) is 0.453. The van der Waals surface area contributed by atoms with Crippen LogP contribution in [0, 0.1) is 5.82 Å². The summed E-state index contributed by atoms with van der Waals surface area (Å²) in [5.74, 6) is 0.623. The van der Waals surface area contributed by atoms with Crippen molar-refractivity contribution in [3.63, 3.8) is 0 Å². The number of halogens is 2. The number of hydrogen-bond donors (Lipinski definition) is 3.